The number of alkyl halides is 1. The molecule has 2 aromatic rings. The molecule has 6 atom stereocenters. The van der Waals surface area contributed by atoms with E-state index in [0.717, 1.165) is 12.1 Å². The van der Waals surface area contributed by atoms with Gasteiger partial charge < -0.3 is 24.5 Å². The van der Waals surface area contributed by atoms with Gasteiger partial charge in [0.05, 0.1) is 23.7 Å². The number of nitrogens with zero attached hydrogens (tertiary/aromatic N) is 3. The summed E-state index contributed by atoms with van der Waals surface area (Å²) in [6.07, 6.45) is 5.99. The van der Waals surface area contributed by atoms with Gasteiger partial charge in [-0.1, -0.05) is 46.3 Å². The number of amides is 3. The van der Waals surface area contributed by atoms with Crippen molar-refractivity contribution < 1.29 is 24.2 Å². The number of fused-ring (bicyclic) bond motifs is 1. The van der Waals surface area contributed by atoms with Crippen LogP contribution in [0.1, 0.15) is 25.7 Å². The summed E-state index contributed by atoms with van der Waals surface area (Å²) in [4.78, 5) is 48.9. The minimum absolute atomic E-state index is 0.0367. The lowest BCUT2D eigenvalue weighted by Gasteiger charge is -2.38. The van der Waals surface area contributed by atoms with Crippen molar-refractivity contribution in [1.82, 2.24) is 4.90 Å². The first kappa shape index (κ1) is 32.3. The van der Waals surface area contributed by atoms with Gasteiger partial charge in [0.1, 0.15) is 11.8 Å². The Labute approximate surface area is 272 Å². The second-order valence-corrected chi connectivity index (χ2v) is 14.2. The first-order valence-corrected chi connectivity index (χ1v) is 16.9. The number of aliphatic hydroxyl groups excluding tert-OH is 1. The molecule has 3 aliphatic rings. The number of hydrogen-bond acceptors (Lipinski definition) is 6. The van der Waals surface area contributed by atoms with E-state index in [1.165, 1.54) is 0 Å². The molecule has 0 radical (unpaired) electrons. The summed E-state index contributed by atoms with van der Waals surface area (Å²) in [5.41, 5.74) is 1.44. The average Bonchev–Trinajstić information content (AvgIpc) is 3.63. The summed E-state index contributed by atoms with van der Waals surface area (Å²) in [7, 11) is 1.59. The molecule has 2 aromatic carbocycles. The van der Waals surface area contributed by atoms with Crippen molar-refractivity contribution >= 4 is 56.8 Å². The lowest BCUT2D eigenvalue weighted by atomic mass is 9.70. The highest BCUT2D eigenvalue weighted by Crippen LogP contribution is 2.68. The fourth-order valence-electron chi connectivity index (χ4n) is 7.10. The molecule has 3 aliphatic heterocycles. The minimum Gasteiger partial charge on any atom is -0.497 e. The second kappa shape index (κ2) is 13.9. The molecule has 8 nitrogen and oxygen atoms in total. The third kappa shape index (κ3) is 5.72. The van der Waals surface area contributed by atoms with Gasteiger partial charge in [-0.2, -0.15) is 0 Å². The average molecular weight is 683 g/mol. The maximum Gasteiger partial charge on any atom is 0.251 e. The van der Waals surface area contributed by atoms with E-state index >= 15 is 0 Å². The van der Waals surface area contributed by atoms with Gasteiger partial charge in [-0.15, -0.1) is 24.9 Å². The molecule has 5 rings (SSSR count). The van der Waals surface area contributed by atoms with Gasteiger partial charge in [-0.05, 0) is 62.1 Å². The van der Waals surface area contributed by atoms with Gasteiger partial charge in [0, 0.05) is 47.7 Å². The summed E-state index contributed by atoms with van der Waals surface area (Å²) in [6, 6.07) is 16.0. The Kier molecular flexibility index (Phi) is 10.2. The molecule has 3 fully saturated rings. The first-order valence-electron chi connectivity index (χ1n) is 15.1. The van der Waals surface area contributed by atoms with Crippen LogP contribution in [0, 0.1) is 11.8 Å². The molecular formula is C34H40BrN3O5S. The fourth-order valence-corrected chi connectivity index (χ4v) is 10.7. The Morgan fingerprint density at radius 1 is 1.02 bits per heavy atom. The summed E-state index contributed by atoms with van der Waals surface area (Å²) in [5.74, 6) is -0.999. The predicted octanol–water partition coefficient (Wildman–Crippen LogP) is 5.06. The number of unbranched alkanes of at least 4 members (excludes halogenated alkanes) is 2. The van der Waals surface area contributed by atoms with Gasteiger partial charge in [-0.25, -0.2) is 0 Å². The number of benzene rings is 2. The Morgan fingerprint density at radius 3 is 2.27 bits per heavy atom. The highest BCUT2D eigenvalue weighted by atomic mass is 79.9. The van der Waals surface area contributed by atoms with Crippen LogP contribution in [0.3, 0.4) is 0 Å². The molecule has 3 saturated heterocycles. The van der Waals surface area contributed by atoms with Crippen LogP contribution >= 0.6 is 27.7 Å². The zero-order valence-electron chi connectivity index (χ0n) is 25.0. The van der Waals surface area contributed by atoms with E-state index in [9.17, 15) is 19.5 Å². The van der Waals surface area contributed by atoms with Gasteiger partial charge in [0.25, 0.3) is 5.91 Å². The first-order chi connectivity index (χ1) is 21.3. The molecule has 0 aromatic heterocycles. The summed E-state index contributed by atoms with van der Waals surface area (Å²) in [6.45, 7) is 8.83. The third-order valence-corrected chi connectivity index (χ3v) is 12.2. The maximum absolute atomic E-state index is 14.8. The largest absolute Gasteiger partial charge is 0.497 e. The van der Waals surface area contributed by atoms with E-state index in [0.29, 0.717) is 43.8 Å². The molecule has 10 heteroatoms. The van der Waals surface area contributed by atoms with Gasteiger partial charge in [0.2, 0.25) is 11.8 Å². The SMILES string of the molecule is C=CCN(C(=O)C1N(CCCCCO)C(=O)[C@@H]2[C@@H](C(=O)N(CC=C)c3ccccc3)[C@@H]3SC12CC3Br)c1ccc(OC)cc1. The molecular weight excluding hydrogens is 642 g/mol. The van der Waals surface area contributed by atoms with E-state index in [4.69, 9.17) is 4.74 Å². The quantitative estimate of drug-likeness (QED) is 0.170. The van der Waals surface area contributed by atoms with Crippen molar-refractivity contribution in [3.05, 3.63) is 79.9 Å². The Morgan fingerprint density at radius 2 is 1.66 bits per heavy atom. The topological polar surface area (TPSA) is 90.4 Å². The molecule has 44 heavy (non-hydrogen) atoms. The number of aliphatic hydroxyl groups is 1. The molecule has 234 valence electrons. The van der Waals surface area contributed by atoms with E-state index < -0.39 is 22.6 Å². The molecule has 3 unspecified atom stereocenters. The van der Waals surface area contributed by atoms with Crippen LogP contribution in [0.2, 0.25) is 0 Å². The molecule has 2 bridgehead atoms. The van der Waals surface area contributed by atoms with E-state index in [1.54, 1.807) is 45.7 Å². The maximum atomic E-state index is 14.8. The van der Waals surface area contributed by atoms with E-state index in [-0.39, 0.29) is 41.0 Å². The number of carbonyl (C=O) groups is 3. The third-order valence-electron chi connectivity index (χ3n) is 8.97. The Balaban J connectivity index is 1.56. The van der Waals surface area contributed by atoms with E-state index in [2.05, 4.69) is 29.1 Å². The van der Waals surface area contributed by atoms with Gasteiger partial charge in [-0.3, -0.25) is 14.4 Å². The fraction of sp³-hybridized carbons (Fsp3) is 0.441. The highest BCUT2D eigenvalue weighted by molar-refractivity contribution is 9.09. The second-order valence-electron chi connectivity index (χ2n) is 11.5. The van der Waals surface area contributed by atoms with Crippen molar-refractivity contribution in [1.29, 1.82) is 0 Å². The monoisotopic (exact) mass is 681 g/mol. The zero-order chi connectivity index (χ0) is 31.4. The van der Waals surface area contributed by atoms with Gasteiger partial charge >= 0.3 is 0 Å². The molecule has 3 amide bonds. The lowest BCUT2D eigenvalue weighted by Crippen LogP contribution is -2.56. The van der Waals surface area contributed by atoms with E-state index in [1.807, 2.05) is 54.6 Å². The highest BCUT2D eigenvalue weighted by Gasteiger charge is 2.76. The van der Waals surface area contributed by atoms with Crippen molar-refractivity contribution in [2.45, 2.75) is 46.5 Å². The lowest BCUT2D eigenvalue weighted by molar-refractivity contribution is -0.139. The van der Waals surface area contributed by atoms with Crippen molar-refractivity contribution in [3.8, 4) is 5.75 Å². The smallest absolute Gasteiger partial charge is 0.251 e. The minimum atomic E-state index is -0.771. The Hall–Kier alpha value is -3.08. The van der Waals surface area contributed by atoms with Crippen molar-refractivity contribution in [3.63, 3.8) is 0 Å². The van der Waals surface area contributed by atoms with Crippen LogP contribution in [-0.4, -0.2) is 81.9 Å². The molecule has 1 spiro atoms. The summed E-state index contributed by atoms with van der Waals surface area (Å²) < 4.78 is 4.56. The molecule has 3 heterocycles. The summed E-state index contributed by atoms with van der Waals surface area (Å²) in [5, 5.41) is 9.20. The zero-order valence-corrected chi connectivity index (χ0v) is 27.4. The van der Waals surface area contributed by atoms with Crippen molar-refractivity contribution in [2.24, 2.45) is 11.8 Å². The molecule has 0 aliphatic carbocycles. The standard InChI is InChI=1S/C34H40BrN3O5S/c1-4-18-36(23-12-8-6-9-13-23)31(40)27-28-32(41)38(20-10-7-11-21-39)30(34(28)22-26(35)29(27)44-34)33(42)37(19-5-2)24-14-16-25(43-3)17-15-24/h4-6,8-9,12-17,26-30,39H,1-2,7,10-11,18-22H2,3H3/t26?,27-,28+,29-,30?,34?/m1/s1. The van der Waals surface area contributed by atoms with Crippen molar-refractivity contribution in [2.75, 3.05) is 43.2 Å². The van der Waals surface area contributed by atoms with Crippen LogP contribution in [-0.2, 0) is 14.4 Å². The Bertz CT molecular complexity index is 1370. The number of likely N-dealkylation sites (tertiary alicyclic amines) is 1. The number of ether oxygens (including phenoxy) is 1. The molecule has 1 N–H and O–H groups in total. The summed E-state index contributed by atoms with van der Waals surface area (Å²) >= 11 is 5.51. The number of rotatable bonds is 14. The number of methoxy groups -OCH3 is 1. The van der Waals surface area contributed by atoms with Crippen LogP contribution in [0.25, 0.3) is 0 Å². The molecule has 0 saturated carbocycles. The number of hydrogen-bond donors (Lipinski definition) is 1. The van der Waals surface area contributed by atoms with Crippen LogP contribution in [0.4, 0.5) is 11.4 Å². The van der Waals surface area contributed by atoms with Crippen LogP contribution in [0.15, 0.2) is 79.9 Å². The number of para-hydroxylation sites is 1. The number of anilines is 2. The van der Waals surface area contributed by atoms with Gasteiger partial charge in [0.15, 0.2) is 0 Å². The number of carbonyl (C=O) groups excluding carboxylic acids is 3. The predicted molar refractivity (Wildman–Crippen MR) is 179 cm³/mol. The van der Waals surface area contributed by atoms with Crippen LogP contribution in [0.5, 0.6) is 5.75 Å². The number of halogens is 1. The normalized spacial score (nSPS) is 26.8. The van der Waals surface area contributed by atoms with Crippen LogP contribution < -0.4 is 14.5 Å². The number of thioether (sulfide) groups is 1.